The van der Waals surface area contributed by atoms with Crippen LogP contribution in [0.4, 0.5) is 0 Å². The van der Waals surface area contributed by atoms with Crippen molar-refractivity contribution in [3.63, 3.8) is 0 Å². The first kappa shape index (κ1) is 15.7. The number of hydrogen-bond donors (Lipinski definition) is 1. The number of rotatable bonds is 2. The minimum atomic E-state index is -0.0592. The number of carbonyl (C=O) groups excluding carboxylic acids is 1. The van der Waals surface area contributed by atoms with Crippen LogP contribution in [-0.4, -0.2) is 56.5 Å². The maximum atomic E-state index is 12.9. The number of benzene rings is 1. The number of nitrogens with zero attached hydrogens (tertiary/aromatic N) is 5. The van der Waals surface area contributed by atoms with Crippen LogP contribution in [0, 0.1) is 6.92 Å². The van der Waals surface area contributed by atoms with E-state index in [1.54, 1.807) is 10.9 Å². The molecule has 0 aliphatic carbocycles. The average Bonchev–Trinajstić information content (AvgIpc) is 3.02. The lowest BCUT2D eigenvalue weighted by molar-refractivity contribution is 0.0649. The maximum absolute atomic E-state index is 12.9. The second kappa shape index (κ2) is 6.25. The molecule has 128 valence electrons. The Labute approximate surface area is 145 Å². The molecular formula is C18H20N6O. The van der Waals surface area contributed by atoms with Crippen LogP contribution >= 0.6 is 0 Å². The van der Waals surface area contributed by atoms with Crippen LogP contribution in [0.1, 0.15) is 23.1 Å². The number of carbonyl (C=O) groups is 1. The van der Waals surface area contributed by atoms with Crippen molar-refractivity contribution in [3.05, 3.63) is 47.9 Å². The van der Waals surface area contributed by atoms with Gasteiger partial charge in [0.25, 0.3) is 5.91 Å². The van der Waals surface area contributed by atoms with E-state index in [-0.39, 0.29) is 11.9 Å². The molecule has 3 heterocycles. The Bertz CT molecular complexity index is 929. The summed E-state index contributed by atoms with van der Waals surface area (Å²) >= 11 is 0. The maximum Gasteiger partial charge on any atom is 0.276 e. The third kappa shape index (κ3) is 2.66. The van der Waals surface area contributed by atoms with Crippen LogP contribution in [0.15, 0.2) is 36.5 Å². The van der Waals surface area contributed by atoms with Crippen molar-refractivity contribution in [1.29, 1.82) is 0 Å². The molecule has 1 saturated heterocycles. The lowest BCUT2D eigenvalue weighted by atomic mass is 10.1. The van der Waals surface area contributed by atoms with Crippen LogP contribution in [0.2, 0.25) is 0 Å². The number of piperazine rings is 1. The van der Waals surface area contributed by atoms with E-state index in [1.807, 2.05) is 49.1 Å². The van der Waals surface area contributed by atoms with Gasteiger partial charge in [0.2, 0.25) is 0 Å². The van der Waals surface area contributed by atoms with Gasteiger partial charge in [0.05, 0.1) is 16.9 Å². The van der Waals surface area contributed by atoms with Crippen molar-refractivity contribution < 1.29 is 4.79 Å². The predicted octanol–water partition coefficient (Wildman–Crippen LogP) is 1.56. The third-order valence-electron chi connectivity index (χ3n) is 4.71. The fraction of sp³-hybridized carbons (Fsp3) is 0.333. The Morgan fingerprint density at radius 2 is 2.16 bits per heavy atom. The normalized spacial score (nSPS) is 17.8. The van der Waals surface area contributed by atoms with Gasteiger partial charge in [0.15, 0.2) is 5.69 Å². The second-order valence-electron chi connectivity index (χ2n) is 6.33. The van der Waals surface area contributed by atoms with E-state index in [4.69, 9.17) is 0 Å². The van der Waals surface area contributed by atoms with Crippen molar-refractivity contribution in [3.8, 4) is 5.69 Å². The van der Waals surface area contributed by atoms with Gasteiger partial charge in [-0.05, 0) is 38.1 Å². The molecule has 0 radical (unpaired) electrons. The highest BCUT2D eigenvalue weighted by Gasteiger charge is 2.28. The van der Waals surface area contributed by atoms with Gasteiger partial charge in [-0.15, -0.1) is 5.10 Å². The summed E-state index contributed by atoms with van der Waals surface area (Å²) in [5.41, 5.74) is 2.92. The Balaban J connectivity index is 1.75. The third-order valence-corrected chi connectivity index (χ3v) is 4.71. The number of pyridine rings is 1. The molecule has 1 atom stereocenters. The van der Waals surface area contributed by atoms with Gasteiger partial charge >= 0.3 is 0 Å². The monoisotopic (exact) mass is 336 g/mol. The topological polar surface area (TPSA) is 75.9 Å². The Morgan fingerprint density at radius 1 is 1.28 bits per heavy atom. The van der Waals surface area contributed by atoms with Crippen LogP contribution < -0.4 is 5.32 Å². The summed E-state index contributed by atoms with van der Waals surface area (Å²) in [6.07, 6.45) is 1.76. The zero-order valence-electron chi connectivity index (χ0n) is 14.3. The van der Waals surface area contributed by atoms with E-state index in [1.165, 1.54) is 0 Å². The molecule has 0 unspecified atom stereocenters. The molecule has 1 fully saturated rings. The molecule has 3 aromatic rings. The van der Waals surface area contributed by atoms with Crippen molar-refractivity contribution in [2.24, 2.45) is 0 Å². The molecule has 7 nitrogen and oxygen atoms in total. The van der Waals surface area contributed by atoms with Gasteiger partial charge in [-0.3, -0.25) is 9.78 Å². The number of amides is 1. The van der Waals surface area contributed by atoms with Crippen LogP contribution in [0.5, 0.6) is 0 Å². The summed E-state index contributed by atoms with van der Waals surface area (Å²) in [4.78, 5) is 19.2. The molecule has 7 heteroatoms. The Kier molecular flexibility index (Phi) is 3.93. The predicted molar refractivity (Wildman–Crippen MR) is 94.8 cm³/mol. The fourth-order valence-electron chi connectivity index (χ4n) is 3.31. The molecule has 25 heavy (non-hydrogen) atoms. The summed E-state index contributed by atoms with van der Waals surface area (Å²) in [6, 6.07) is 9.90. The van der Waals surface area contributed by atoms with Crippen molar-refractivity contribution >= 4 is 16.8 Å². The van der Waals surface area contributed by atoms with E-state index in [2.05, 4.69) is 20.6 Å². The van der Waals surface area contributed by atoms with E-state index in [0.717, 1.165) is 35.4 Å². The second-order valence-corrected chi connectivity index (χ2v) is 6.33. The summed E-state index contributed by atoms with van der Waals surface area (Å²) in [5, 5.41) is 12.7. The van der Waals surface area contributed by atoms with E-state index in [9.17, 15) is 4.79 Å². The number of fused-ring (bicyclic) bond motifs is 1. The summed E-state index contributed by atoms with van der Waals surface area (Å²) < 4.78 is 1.73. The molecule has 1 amide bonds. The minimum absolute atomic E-state index is 0.0592. The van der Waals surface area contributed by atoms with Gasteiger partial charge in [0.1, 0.15) is 0 Å². The molecular weight excluding hydrogens is 316 g/mol. The first-order chi connectivity index (χ1) is 12.2. The van der Waals surface area contributed by atoms with Crippen LogP contribution in [-0.2, 0) is 0 Å². The molecule has 4 rings (SSSR count). The molecule has 1 N–H and O–H groups in total. The van der Waals surface area contributed by atoms with Crippen molar-refractivity contribution in [2.45, 2.75) is 19.9 Å². The summed E-state index contributed by atoms with van der Waals surface area (Å²) in [7, 11) is 0. The summed E-state index contributed by atoms with van der Waals surface area (Å²) in [6.45, 7) is 6.21. The van der Waals surface area contributed by atoms with Crippen molar-refractivity contribution in [1.82, 2.24) is 30.2 Å². The van der Waals surface area contributed by atoms with E-state index < -0.39 is 0 Å². The standard InChI is InChI=1S/C18H20N6O/c1-12-11-19-9-10-23(12)18(25)17-13(2)24(22-21-17)16-7-3-6-15-14(16)5-4-8-20-15/h3-8,12,19H,9-11H2,1-2H3/t12-/m0/s1. The zero-order chi connectivity index (χ0) is 17.4. The zero-order valence-corrected chi connectivity index (χ0v) is 14.3. The van der Waals surface area contributed by atoms with Gasteiger partial charge in [-0.1, -0.05) is 11.3 Å². The quantitative estimate of drug-likeness (QED) is 0.768. The fourth-order valence-corrected chi connectivity index (χ4v) is 3.31. The molecule has 1 aromatic carbocycles. The molecule has 0 spiro atoms. The van der Waals surface area contributed by atoms with Crippen LogP contribution in [0.3, 0.4) is 0 Å². The molecule has 0 bridgehead atoms. The Hall–Kier alpha value is -2.80. The number of nitrogens with one attached hydrogen (secondary N) is 1. The Morgan fingerprint density at radius 3 is 3.00 bits per heavy atom. The van der Waals surface area contributed by atoms with Gasteiger partial charge in [-0.25, -0.2) is 4.68 Å². The molecule has 2 aromatic heterocycles. The minimum Gasteiger partial charge on any atom is -0.332 e. The molecule has 1 aliphatic rings. The summed E-state index contributed by atoms with van der Waals surface area (Å²) in [5.74, 6) is -0.0592. The molecule has 0 saturated carbocycles. The van der Waals surface area contributed by atoms with Gasteiger partial charge in [-0.2, -0.15) is 0 Å². The largest absolute Gasteiger partial charge is 0.332 e. The first-order valence-electron chi connectivity index (χ1n) is 8.45. The van der Waals surface area contributed by atoms with E-state index >= 15 is 0 Å². The number of hydrogen-bond acceptors (Lipinski definition) is 5. The SMILES string of the molecule is Cc1c(C(=O)N2CCNC[C@@H]2C)nnn1-c1cccc2ncccc12. The van der Waals surface area contributed by atoms with E-state index in [0.29, 0.717) is 12.2 Å². The van der Waals surface area contributed by atoms with Gasteiger partial charge in [0, 0.05) is 37.3 Å². The van der Waals surface area contributed by atoms with Gasteiger partial charge < -0.3 is 10.2 Å². The highest BCUT2D eigenvalue weighted by atomic mass is 16.2. The lowest BCUT2D eigenvalue weighted by Crippen LogP contribution is -2.52. The van der Waals surface area contributed by atoms with Crippen molar-refractivity contribution in [2.75, 3.05) is 19.6 Å². The number of aromatic nitrogens is 4. The average molecular weight is 336 g/mol. The first-order valence-corrected chi connectivity index (χ1v) is 8.45. The smallest absolute Gasteiger partial charge is 0.276 e. The molecule has 1 aliphatic heterocycles. The highest BCUT2D eigenvalue weighted by molar-refractivity contribution is 5.94. The van der Waals surface area contributed by atoms with Crippen LogP contribution in [0.25, 0.3) is 16.6 Å². The lowest BCUT2D eigenvalue weighted by Gasteiger charge is -2.33. The highest BCUT2D eigenvalue weighted by Crippen LogP contribution is 2.22.